The second-order valence-electron chi connectivity index (χ2n) is 8.94. The van der Waals surface area contributed by atoms with Crippen LogP contribution in [0.3, 0.4) is 0 Å². The van der Waals surface area contributed by atoms with Crippen molar-refractivity contribution < 1.29 is 13.6 Å². The van der Waals surface area contributed by atoms with Gasteiger partial charge in [-0.1, -0.05) is 6.92 Å². The summed E-state index contributed by atoms with van der Waals surface area (Å²) in [7, 11) is 0. The third kappa shape index (κ3) is 3.33. The average molecular weight is 339 g/mol. The highest BCUT2D eigenvalue weighted by molar-refractivity contribution is 5.91. The summed E-state index contributed by atoms with van der Waals surface area (Å²) in [5.74, 6) is -2.16. The molecule has 24 heavy (non-hydrogen) atoms. The van der Waals surface area contributed by atoms with Crippen molar-refractivity contribution in [2.45, 2.75) is 84.1 Å². The van der Waals surface area contributed by atoms with Crippen molar-refractivity contribution in [2.24, 2.45) is 5.41 Å². The molecule has 6 heteroatoms. The topological polar surface area (TPSA) is 46.9 Å². The van der Waals surface area contributed by atoms with Crippen molar-refractivity contribution in [1.82, 2.24) is 9.78 Å². The SMILES string of the molecule is Cc1c(C2CC(F)(F)C2)nn(C(C)(C)C)c1NC(=O)CC1(C)CC1. The number of halogens is 2. The molecule has 2 aliphatic rings. The van der Waals surface area contributed by atoms with E-state index in [1.807, 2.05) is 27.7 Å². The van der Waals surface area contributed by atoms with Gasteiger partial charge in [0.15, 0.2) is 0 Å². The number of anilines is 1. The molecule has 0 radical (unpaired) electrons. The van der Waals surface area contributed by atoms with Crippen LogP contribution in [0.2, 0.25) is 0 Å². The number of amides is 1. The summed E-state index contributed by atoms with van der Waals surface area (Å²) in [6.07, 6.45) is 2.36. The van der Waals surface area contributed by atoms with Gasteiger partial charge in [0.25, 0.3) is 0 Å². The van der Waals surface area contributed by atoms with Gasteiger partial charge >= 0.3 is 0 Å². The molecule has 2 fully saturated rings. The van der Waals surface area contributed by atoms with E-state index in [4.69, 9.17) is 0 Å². The van der Waals surface area contributed by atoms with Crippen LogP contribution in [0.15, 0.2) is 0 Å². The summed E-state index contributed by atoms with van der Waals surface area (Å²) in [5, 5.41) is 7.60. The first-order valence-electron chi connectivity index (χ1n) is 8.68. The fourth-order valence-corrected chi connectivity index (χ4v) is 3.34. The standard InChI is InChI=1S/C18H27F2N3O/c1-11-14(12-8-18(19,20)9-12)22-23(16(2,3)4)15(11)21-13(24)10-17(5)6-7-17/h12H,6-10H2,1-5H3,(H,21,24). The second kappa shape index (κ2) is 5.27. The Bertz CT molecular complexity index is 661. The highest BCUT2D eigenvalue weighted by Gasteiger charge is 2.48. The van der Waals surface area contributed by atoms with E-state index in [9.17, 15) is 13.6 Å². The smallest absolute Gasteiger partial charge is 0.249 e. The second-order valence-corrected chi connectivity index (χ2v) is 8.94. The molecule has 1 aromatic heterocycles. The average Bonchev–Trinajstić information content (AvgIpc) is 3.00. The maximum atomic E-state index is 13.2. The predicted molar refractivity (Wildman–Crippen MR) is 89.5 cm³/mol. The largest absolute Gasteiger partial charge is 0.311 e. The minimum Gasteiger partial charge on any atom is -0.311 e. The van der Waals surface area contributed by atoms with E-state index in [2.05, 4.69) is 17.3 Å². The highest BCUT2D eigenvalue weighted by atomic mass is 19.3. The van der Waals surface area contributed by atoms with E-state index in [1.165, 1.54) is 0 Å². The van der Waals surface area contributed by atoms with Crippen LogP contribution in [0.25, 0.3) is 0 Å². The minimum atomic E-state index is -2.58. The molecule has 0 aliphatic heterocycles. The predicted octanol–water partition coefficient (Wildman–Crippen LogP) is 4.59. The van der Waals surface area contributed by atoms with Crippen molar-refractivity contribution in [3.63, 3.8) is 0 Å². The Hall–Kier alpha value is -1.46. The maximum Gasteiger partial charge on any atom is 0.249 e. The number of rotatable bonds is 4. The van der Waals surface area contributed by atoms with Gasteiger partial charge in [-0.05, 0) is 46.0 Å². The van der Waals surface area contributed by atoms with Crippen molar-refractivity contribution in [2.75, 3.05) is 5.32 Å². The van der Waals surface area contributed by atoms with Crippen LogP contribution < -0.4 is 5.32 Å². The van der Waals surface area contributed by atoms with Gasteiger partial charge in [0.2, 0.25) is 11.8 Å². The number of carbonyl (C=O) groups is 1. The number of hydrogen-bond acceptors (Lipinski definition) is 2. The third-order valence-corrected chi connectivity index (χ3v) is 5.22. The van der Waals surface area contributed by atoms with E-state index < -0.39 is 5.92 Å². The van der Waals surface area contributed by atoms with Gasteiger partial charge in [-0.25, -0.2) is 13.5 Å². The van der Waals surface area contributed by atoms with Gasteiger partial charge in [-0.15, -0.1) is 0 Å². The molecule has 1 aromatic rings. The monoisotopic (exact) mass is 339 g/mol. The van der Waals surface area contributed by atoms with E-state index >= 15 is 0 Å². The molecule has 2 aliphatic carbocycles. The first-order valence-corrected chi connectivity index (χ1v) is 8.68. The Morgan fingerprint density at radius 3 is 2.38 bits per heavy atom. The summed E-state index contributed by atoms with van der Waals surface area (Å²) in [6.45, 7) is 9.97. The van der Waals surface area contributed by atoms with E-state index in [0.29, 0.717) is 17.9 Å². The maximum absolute atomic E-state index is 13.2. The lowest BCUT2D eigenvalue weighted by atomic mass is 9.78. The van der Waals surface area contributed by atoms with Crippen LogP contribution in [-0.2, 0) is 10.3 Å². The molecule has 4 nitrogen and oxygen atoms in total. The normalized spacial score (nSPS) is 22.1. The lowest BCUT2D eigenvalue weighted by molar-refractivity contribution is -0.117. The van der Waals surface area contributed by atoms with E-state index in [0.717, 1.165) is 18.4 Å². The number of hydrogen-bond donors (Lipinski definition) is 1. The van der Waals surface area contributed by atoms with Crippen LogP contribution in [0.1, 0.15) is 77.0 Å². The molecule has 3 rings (SSSR count). The van der Waals surface area contributed by atoms with Crippen LogP contribution in [0.4, 0.5) is 14.6 Å². The van der Waals surface area contributed by atoms with Crippen molar-refractivity contribution >= 4 is 11.7 Å². The number of carbonyl (C=O) groups excluding carboxylic acids is 1. The zero-order valence-electron chi connectivity index (χ0n) is 15.2. The Kier molecular flexibility index (Phi) is 3.81. The lowest BCUT2D eigenvalue weighted by Gasteiger charge is -2.34. The molecule has 1 amide bonds. The summed E-state index contributed by atoms with van der Waals surface area (Å²) >= 11 is 0. The fourth-order valence-electron chi connectivity index (χ4n) is 3.34. The third-order valence-electron chi connectivity index (χ3n) is 5.22. The molecular weight excluding hydrogens is 312 g/mol. The molecule has 1 N–H and O–H groups in total. The summed E-state index contributed by atoms with van der Waals surface area (Å²) < 4.78 is 28.3. The number of nitrogens with zero attached hydrogens (tertiary/aromatic N) is 2. The molecule has 0 saturated heterocycles. The van der Waals surface area contributed by atoms with Gasteiger partial charge in [0, 0.05) is 30.7 Å². The molecule has 0 aromatic carbocycles. The number of aromatic nitrogens is 2. The quantitative estimate of drug-likeness (QED) is 0.872. The van der Waals surface area contributed by atoms with Gasteiger partial charge < -0.3 is 5.32 Å². The minimum absolute atomic E-state index is 0.0195. The van der Waals surface area contributed by atoms with Crippen molar-refractivity contribution in [1.29, 1.82) is 0 Å². The first kappa shape index (κ1) is 17.4. The first-order chi connectivity index (χ1) is 10.9. The molecule has 1 heterocycles. The van der Waals surface area contributed by atoms with Gasteiger partial charge in [-0.3, -0.25) is 4.79 Å². The Balaban J connectivity index is 1.86. The lowest BCUT2D eigenvalue weighted by Crippen LogP contribution is -2.34. The van der Waals surface area contributed by atoms with Crippen molar-refractivity contribution in [3.05, 3.63) is 11.3 Å². The Labute approximate surface area is 142 Å². The molecular formula is C18H27F2N3O. The summed E-state index contributed by atoms with van der Waals surface area (Å²) in [5.41, 5.74) is 1.31. The number of alkyl halides is 2. The van der Waals surface area contributed by atoms with Gasteiger partial charge in [-0.2, -0.15) is 5.10 Å². The fraction of sp³-hybridized carbons (Fsp3) is 0.778. The molecule has 134 valence electrons. The zero-order chi connectivity index (χ0) is 17.9. The molecule has 0 atom stereocenters. The van der Waals surface area contributed by atoms with Crippen LogP contribution >= 0.6 is 0 Å². The van der Waals surface area contributed by atoms with Crippen LogP contribution in [0.5, 0.6) is 0 Å². The van der Waals surface area contributed by atoms with E-state index in [1.54, 1.807) is 4.68 Å². The van der Waals surface area contributed by atoms with Crippen LogP contribution in [-0.4, -0.2) is 21.6 Å². The highest BCUT2D eigenvalue weighted by Crippen LogP contribution is 2.50. The molecule has 2 saturated carbocycles. The Morgan fingerprint density at radius 2 is 1.92 bits per heavy atom. The summed E-state index contributed by atoms with van der Waals surface area (Å²) in [4.78, 5) is 12.4. The summed E-state index contributed by atoms with van der Waals surface area (Å²) in [6, 6.07) is 0. The van der Waals surface area contributed by atoms with Gasteiger partial charge in [0.05, 0.1) is 11.2 Å². The molecule has 0 unspecified atom stereocenters. The van der Waals surface area contributed by atoms with Crippen LogP contribution in [0, 0.1) is 12.3 Å². The van der Waals surface area contributed by atoms with Crippen molar-refractivity contribution in [3.8, 4) is 0 Å². The number of nitrogens with one attached hydrogen (secondary N) is 1. The molecule has 0 bridgehead atoms. The Morgan fingerprint density at radius 1 is 1.33 bits per heavy atom. The van der Waals surface area contributed by atoms with Gasteiger partial charge in [0.1, 0.15) is 5.82 Å². The van der Waals surface area contributed by atoms with E-state index in [-0.39, 0.29) is 35.6 Å². The zero-order valence-corrected chi connectivity index (χ0v) is 15.2. The molecule has 0 spiro atoms.